The Kier molecular flexibility index (Phi) is 4.67. The Bertz CT molecular complexity index is 654. The molecule has 0 saturated carbocycles. The molecule has 0 spiro atoms. The SMILES string of the molecule is Cc1cc(S(=O)(=O)N2CCN(C(C)C)CC2)ccc1C#N. The maximum absolute atomic E-state index is 12.6. The lowest BCUT2D eigenvalue weighted by Crippen LogP contribution is -2.50. The number of benzene rings is 1. The Labute approximate surface area is 126 Å². The lowest BCUT2D eigenvalue weighted by molar-refractivity contribution is 0.154. The second-order valence-corrected chi connectivity index (χ2v) is 7.56. The van der Waals surface area contributed by atoms with E-state index >= 15 is 0 Å². The average Bonchev–Trinajstić information content (AvgIpc) is 2.47. The van der Waals surface area contributed by atoms with Gasteiger partial charge in [0.2, 0.25) is 10.0 Å². The van der Waals surface area contributed by atoms with Crippen molar-refractivity contribution < 1.29 is 8.42 Å². The van der Waals surface area contributed by atoms with Crippen LogP contribution in [0.5, 0.6) is 0 Å². The van der Waals surface area contributed by atoms with Crippen LogP contribution in [0.15, 0.2) is 23.1 Å². The van der Waals surface area contributed by atoms with Gasteiger partial charge in [-0.05, 0) is 44.5 Å². The molecule has 0 aliphatic carbocycles. The molecule has 2 rings (SSSR count). The lowest BCUT2D eigenvalue weighted by Gasteiger charge is -2.36. The van der Waals surface area contributed by atoms with Gasteiger partial charge >= 0.3 is 0 Å². The number of rotatable bonds is 3. The highest BCUT2D eigenvalue weighted by Gasteiger charge is 2.29. The summed E-state index contributed by atoms with van der Waals surface area (Å²) >= 11 is 0. The third-order valence-electron chi connectivity index (χ3n) is 3.96. The Balaban J connectivity index is 2.20. The molecular formula is C15H21N3O2S. The number of sulfonamides is 1. The van der Waals surface area contributed by atoms with Crippen molar-refractivity contribution in [2.75, 3.05) is 26.2 Å². The molecule has 0 amide bonds. The molecule has 0 radical (unpaired) electrons. The monoisotopic (exact) mass is 307 g/mol. The minimum absolute atomic E-state index is 0.275. The van der Waals surface area contributed by atoms with E-state index in [1.165, 1.54) is 10.4 Å². The van der Waals surface area contributed by atoms with Crippen molar-refractivity contribution in [3.8, 4) is 6.07 Å². The molecule has 0 unspecified atom stereocenters. The summed E-state index contributed by atoms with van der Waals surface area (Å²) < 4.78 is 26.8. The second-order valence-electron chi connectivity index (χ2n) is 5.62. The second kappa shape index (κ2) is 6.14. The van der Waals surface area contributed by atoms with Crippen LogP contribution in [0.1, 0.15) is 25.0 Å². The molecule has 1 aliphatic rings. The largest absolute Gasteiger partial charge is 0.298 e. The van der Waals surface area contributed by atoms with Gasteiger partial charge in [-0.3, -0.25) is 4.90 Å². The van der Waals surface area contributed by atoms with Gasteiger partial charge in [-0.1, -0.05) is 0 Å². The van der Waals surface area contributed by atoms with E-state index < -0.39 is 10.0 Å². The van der Waals surface area contributed by atoms with E-state index in [1.54, 1.807) is 19.1 Å². The lowest BCUT2D eigenvalue weighted by atomic mass is 10.1. The number of piperazine rings is 1. The Morgan fingerprint density at radius 1 is 1.19 bits per heavy atom. The zero-order valence-electron chi connectivity index (χ0n) is 12.7. The molecule has 5 nitrogen and oxygen atoms in total. The van der Waals surface area contributed by atoms with Gasteiger partial charge in [-0.2, -0.15) is 9.57 Å². The maximum Gasteiger partial charge on any atom is 0.243 e. The molecule has 0 aromatic heterocycles. The van der Waals surface area contributed by atoms with Crippen LogP contribution in [0.25, 0.3) is 0 Å². The minimum atomic E-state index is -3.46. The molecule has 21 heavy (non-hydrogen) atoms. The molecule has 1 aromatic carbocycles. The minimum Gasteiger partial charge on any atom is -0.298 e. The van der Waals surface area contributed by atoms with Gasteiger partial charge in [0.05, 0.1) is 16.5 Å². The first-order chi connectivity index (χ1) is 9.86. The normalized spacial score (nSPS) is 17.9. The van der Waals surface area contributed by atoms with Crippen LogP contribution in [0.2, 0.25) is 0 Å². The van der Waals surface area contributed by atoms with Crippen molar-refractivity contribution in [2.45, 2.75) is 31.7 Å². The quantitative estimate of drug-likeness (QED) is 0.850. The van der Waals surface area contributed by atoms with E-state index in [0.717, 1.165) is 13.1 Å². The summed E-state index contributed by atoms with van der Waals surface area (Å²) in [6.07, 6.45) is 0. The van der Waals surface area contributed by atoms with Gasteiger partial charge in [0.25, 0.3) is 0 Å². The number of hydrogen-bond acceptors (Lipinski definition) is 4. The maximum atomic E-state index is 12.6. The van der Waals surface area contributed by atoms with Crippen LogP contribution in [0.3, 0.4) is 0 Å². The standard InChI is InChI=1S/C15H21N3O2S/c1-12(2)17-6-8-18(9-7-17)21(19,20)15-5-4-14(11-16)13(3)10-15/h4-5,10,12H,6-9H2,1-3H3. The van der Waals surface area contributed by atoms with E-state index in [1.807, 2.05) is 0 Å². The topological polar surface area (TPSA) is 64.4 Å². The van der Waals surface area contributed by atoms with Crippen molar-refractivity contribution in [3.63, 3.8) is 0 Å². The zero-order chi connectivity index (χ0) is 15.6. The zero-order valence-corrected chi connectivity index (χ0v) is 13.5. The van der Waals surface area contributed by atoms with Crippen LogP contribution < -0.4 is 0 Å². The molecule has 1 fully saturated rings. The van der Waals surface area contributed by atoms with E-state index in [0.29, 0.717) is 30.3 Å². The molecule has 6 heteroatoms. The van der Waals surface area contributed by atoms with Gasteiger partial charge in [-0.25, -0.2) is 8.42 Å². The van der Waals surface area contributed by atoms with Crippen molar-refractivity contribution >= 4 is 10.0 Å². The number of nitriles is 1. The predicted octanol–water partition coefficient (Wildman–Crippen LogP) is 1.58. The molecule has 1 saturated heterocycles. The van der Waals surface area contributed by atoms with Gasteiger partial charge in [0.1, 0.15) is 0 Å². The van der Waals surface area contributed by atoms with Crippen LogP contribution in [-0.2, 0) is 10.0 Å². The third kappa shape index (κ3) is 3.26. The molecule has 0 bridgehead atoms. The van der Waals surface area contributed by atoms with Gasteiger partial charge in [-0.15, -0.1) is 0 Å². The predicted molar refractivity (Wildman–Crippen MR) is 81.4 cm³/mol. The summed E-state index contributed by atoms with van der Waals surface area (Å²) in [5.41, 5.74) is 1.21. The molecule has 114 valence electrons. The van der Waals surface area contributed by atoms with E-state index in [2.05, 4.69) is 24.8 Å². The van der Waals surface area contributed by atoms with Gasteiger partial charge < -0.3 is 0 Å². The highest BCUT2D eigenvalue weighted by molar-refractivity contribution is 7.89. The summed E-state index contributed by atoms with van der Waals surface area (Å²) in [7, 11) is -3.46. The summed E-state index contributed by atoms with van der Waals surface area (Å²) in [6, 6.07) is 7.18. The summed E-state index contributed by atoms with van der Waals surface area (Å²) in [5, 5.41) is 8.93. The van der Waals surface area contributed by atoms with Crippen LogP contribution >= 0.6 is 0 Å². The van der Waals surface area contributed by atoms with E-state index in [9.17, 15) is 8.42 Å². The first kappa shape index (κ1) is 16.0. The summed E-state index contributed by atoms with van der Waals surface area (Å²) in [5.74, 6) is 0. The number of nitrogens with zero attached hydrogens (tertiary/aromatic N) is 3. The number of hydrogen-bond donors (Lipinski definition) is 0. The average molecular weight is 307 g/mol. The van der Waals surface area contributed by atoms with Crippen LogP contribution in [-0.4, -0.2) is 49.8 Å². The van der Waals surface area contributed by atoms with Crippen molar-refractivity contribution in [3.05, 3.63) is 29.3 Å². The fourth-order valence-corrected chi connectivity index (χ4v) is 4.04. The number of aryl methyl sites for hydroxylation is 1. The Morgan fingerprint density at radius 2 is 1.81 bits per heavy atom. The van der Waals surface area contributed by atoms with Gasteiger partial charge in [0.15, 0.2) is 0 Å². The first-order valence-corrected chi connectivity index (χ1v) is 8.55. The third-order valence-corrected chi connectivity index (χ3v) is 5.85. The van der Waals surface area contributed by atoms with Crippen molar-refractivity contribution in [2.24, 2.45) is 0 Å². The van der Waals surface area contributed by atoms with Crippen molar-refractivity contribution in [1.82, 2.24) is 9.21 Å². The molecule has 0 N–H and O–H groups in total. The molecule has 1 aromatic rings. The van der Waals surface area contributed by atoms with Crippen LogP contribution in [0.4, 0.5) is 0 Å². The first-order valence-electron chi connectivity index (χ1n) is 7.11. The molecule has 1 heterocycles. The molecule has 0 atom stereocenters. The van der Waals surface area contributed by atoms with Crippen LogP contribution in [0, 0.1) is 18.3 Å². The highest BCUT2D eigenvalue weighted by atomic mass is 32.2. The Hall–Kier alpha value is -1.42. The Morgan fingerprint density at radius 3 is 2.29 bits per heavy atom. The van der Waals surface area contributed by atoms with Gasteiger partial charge in [0, 0.05) is 32.2 Å². The molecular weight excluding hydrogens is 286 g/mol. The molecule has 1 aliphatic heterocycles. The smallest absolute Gasteiger partial charge is 0.243 e. The fraction of sp³-hybridized carbons (Fsp3) is 0.533. The van der Waals surface area contributed by atoms with E-state index in [4.69, 9.17) is 5.26 Å². The van der Waals surface area contributed by atoms with Crippen molar-refractivity contribution in [1.29, 1.82) is 5.26 Å². The summed E-state index contributed by atoms with van der Waals surface area (Å²) in [6.45, 7) is 8.54. The van der Waals surface area contributed by atoms with E-state index in [-0.39, 0.29) is 4.90 Å². The highest BCUT2D eigenvalue weighted by Crippen LogP contribution is 2.20. The fourth-order valence-electron chi connectivity index (χ4n) is 2.53. The summed E-state index contributed by atoms with van der Waals surface area (Å²) in [4.78, 5) is 2.55.